The lowest BCUT2D eigenvalue weighted by molar-refractivity contribution is 0.0976. The number of fused-ring (bicyclic) bond motifs is 8. The van der Waals surface area contributed by atoms with Crippen LogP contribution in [0, 0.1) is 13.8 Å². The summed E-state index contributed by atoms with van der Waals surface area (Å²) in [6.07, 6.45) is 12.2. The minimum Gasteiger partial charge on any atom is -0.508 e. The number of amides is 4. The van der Waals surface area contributed by atoms with Gasteiger partial charge in [0.2, 0.25) is 0 Å². The molecule has 0 aromatic heterocycles. The summed E-state index contributed by atoms with van der Waals surface area (Å²) in [6, 6.07) is 30.7. The maximum absolute atomic E-state index is 13.2. The van der Waals surface area contributed by atoms with E-state index >= 15 is 0 Å². The fourth-order valence-electron chi connectivity index (χ4n) is 11.5. The molecule has 0 radical (unpaired) electrons. The molecule has 24 nitrogen and oxygen atoms in total. The van der Waals surface area contributed by atoms with E-state index in [1.54, 1.807) is 79.7 Å². The summed E-state index contributed by atoms with van der Waals surface area (Å²) in [7, 11) is 0. The van der Waals surface area contributed by atoms with Crippen LogP contribution >= 0.6 is 0 Å². The Balaban J connectivity index is 0.000000168. The van der Waals surface area contributed by atoms with Crippen molar-refractivity contribution in [2.24, 2.45) is 0 Å². The summed E-state index contributed by atoms with van der Waals surface area (Å²) in [5.41, 5.74) is 9.01. The number of aryl methyl sites for hydroxylation is 2. The molecule has 0 spiro atoms. The van der Waals surface area contributed by atoms with E-state index in [2.05, 4.69) is 41.3 Å². The van der Waals surface area contributed by atoms with Crippen molar-refractivity contribution in [3.8, 4) is 57.5 Å². The molecule has 4 aliphatic rings. The standard InChI is InChI=1S/C21H24N2O4.C21H22N2O4.C17H16N2O3.C16H16N2O4.H2O/c2*1-3-4-6-13(2)9-10-23-16-11-14(24)12-18(26)20(16)22-19-15(21(23)27)7-5-8-17(19)25;1-3-7-19-12-8-10(2)9-14(21)16(12)18-15-11(17(19)22)5-4-6-13(15)20;1-9-7-11-15(13(21)8-9)17-14-10(3-2-4-12(14)20)16(22)18(11)5-6-19;/h5,7-9,11-12,22,24-26H,3-4,6,10H2,1-2H3;3,5,7-9,11-12,22,24-26H,1,4,6,10H2,2H3;3-6,8-9,18,20-21H,1,7H2,2H3;2-4,7-8,17,19-21H,5-6H2,1H3;1H2/b2*13-9+;;;. The lowest BCUT2D eigenvalue weighted by atomic mass is 10.1. The number of hydrogen-bond donors (Lipinski definition) is 15. The molecule has 24 heteroatoms. The predicted octanol–water partition coefficient (Wildman–Crippen LogP) is 13.6. The van der Waals surface area contributed by atoms with Gasteiger partial charge in [-0.1, -0.05) is 73.1 Å². The highest BCUT2D eigenvalue weighted by Gasteiger charge is 2.34. The van der Waals surface area contributed by atoms with Crippen molar-refractivity contribution >= 4 is 91.9 Å². The number of carbonyl (C=O) groups is 4. The van der Waals surface area contributed by atoms with Crippen molar-refractivity contribution in [3.05, 3.63) is 203 Å². The highest BCUT2D eigenvalue weighted by Crippen LogP contribution is 2.50. The van der Waals surface area contributed by atoms with Gasteiger partial charge in [-0.3, -0.25) is 19.2 Å². The average Bonchev–Trinajstić information content (AvgIpc) is 1.66. The Hall–Kier alpha value is -12.3. The number of aliphatic hydroxyl groups excluding tert-OH is 1. The zero-order valence-corrected chi connectivity index (χ0v) is 55.2. The number of benzene rings is 8. The number of para-hydroxylation sites is 4. The summed E-state index contributed by atoms with van der Waals surface area (Å²) in [5.74, 6) is -2.32. The number of anilines is 12. The molecule has 4 amide bonds. The second kappa shape index (κ2) is 31.5. The number of allylic oxidation sites excluding steroid dienone is 3. The number of nitrogens with one attached hydrogen (secondary N) is 4. The van der Waals surface area contributed by atoms with Crippen molar-refractivity contribution in [1.82, 2.24) is 0 Å². The van der Waals surface area contributed by atoms with Crippen molar-refractivity contribution in [2.75, 3.05) is 73.7 Å². The monoisotopic (exact) mass is 1350 g/mol. The topological polar surface area (TPSA) is 383 Å². The van der Waals surface area contributed by atoms with Crippen LogP contribution in [0.2, 0.25) is 0 Å². The molecule has 99 heavy (non-hydrogen) atoms. The Morgan fingerprint density at radius 1 is 0.414 bits per heavy atom. The zero-order valence-electron chi connectivity index (χ0n) is 55.2. The van der Waals surface area contributed by atoms with E-state index in [1.807, 2.05) is 45.1 Å². The number of aromatic hydroxyl groups is 10. The SMILES string of the molecule is C=CCC/C(C)=C/CN1C(=O)c2cccc(O)c2Nc2c(O)cc(O)cc21.C=CCN1C(=O)c2cccc(O)c2Nc2c(O)cc(C)cc21.CCCC/C(C)=C/CN1C(=O)c2cccc(O)c2Nc2c(O)cc(O)cc21.Cc1cc(O)c2c(c1)N(CCO)C(=O)c1cccc(O)c1N2.O. The number of β-amino-alcohol motifs (C(OH)–C–C–N with tert-alkyl or cyclic N) is 1. The number of rotatable bonds is 14. The summed E-state index contributed by atoms with van der Waals surface area (Å²) >= 11 is 0. The van der Waals surface area contributed by atoms with Crippen LogP contribution in [0.25, 0.3) is 0 Å². The van der Waals surface area contributed by atoms with Gasteiger partial charge in [0.15, 0.2) is 0 Å². The molecule has 0 saturated heterocycles. The van der Waals surface area contributed by atoms with Crippen LogP contribution in [0.15, 0.2) is 170 Å². The first kappa shape index (κ1) is 72.5. The van der Waals surface area contributed by atoms with E-state index in [4.69, 9.17) is 0 Å². The number of phenolic OH excluding ortho intramolecular Hbond substituents is 10. The number of carbonyl (C=O) groups excluding carboxylic acids is 4. The molecule has 4 heterocycles. The maximum atomic E-state index is 13.2. The van der Waals surface area contributed by atoms with Crippen LogP contribution in [0.3, 0.4) is 0 Å². The van der Waals surface area contributed by atoms with Crippen LogP contribution in [0.4, 0.5) is 68.2 Å². The molecule has 8 aromatic rings. The lowest BCUT2D eigenvalue weighted by Gasteiger charge is -2.22. The molecular weight excluding hydrogens is 1270 g/mol. The van der Waals surface area contributed by atoms with E-state index < -0.39 is 0 Å². The van der Waals surface area contributed by atoms with Gasteiger partial charge in [-0.15, -0.1) is 13.2 Å². The van der Waals surface area contributed by atoms with Crippen LogP contribution in [0.5, 0.6) is 57.5 Å². The summed E-state index contributed by atoms with van der Waals surface area (Å²) in [6.45, 7) is 17.9. The van der Waals surface area contributed by atoms with E-state index in [0.717, 1.165) is 48.8 Å². The number of unbranched alkanes of at least 4 members (excludes halogenated alkanes) is 1. The first-order chi connectivity index (χ1) is 46.9. The smallest absolute Gasteiger partial charge is 0.260 e. The lowest BCUT2D eigenvalue weighted by Crippen LogP contribution is -2.33. The molecule has 8 aromatic carbocycles. The van der Waals surface area contributed by atoms with Gasteiger partial charge in [0.25, 0.3) is 23.6 Å². The van der Waals surface area contributed by atoms with Crippen molar-refractivity contribution < 1.29 is 80.8 Å². The molecule has 0 saturated carbocycles. The van der Waals surface area contributed by atoms with Crippen LogP contribution in [-0.4, -0.2) is 118 Å². The van der Waals surface area contributed by atoms with Crippen molar-refractivity contribution in [2.45, 2.75) is 66.7 Å². The number of hydrogen-bond acceptors (Lipinski definition) is 19. The van der Waals surface area contributed by atoms with E-state index in [0.29, 0.717) is 64.0 Å². The molecule has 4 aliphatic heterocycles. The molecular formula is C75H80N8O16. The Morgan fingerprint density at radius 3 is 1.08 bits per heavy atom. The Morgan fingerprint density at radius 2 is 0.737 bits per heavy atom. The molecule has 516 valence electrons. The molecule has 0 aliphatic carbocycles. The molecule has 17 N–H and O–H groups in total. The number of nitrogens with zero attached hydrogens (tertiary/aromatic N) is 4. The van der Waals surface area contributed by atoms with Gasteiger partial charge in [-0.05, 0) is 137 Å². The highest BCUT2D eigenvalue weighted by atomic mass is 16.3. The minimum absolute atomic E-state index is 0. The fraction of sp³-hybridized carbons (Fsp3) is 0.200. The van der Waals surface area contributed by atoms with Gasteiger partial charge in [0, 0.05) is 50.4 Å². The third-order valence-electron chi connectivity index (χ3n) is 16.4. The molecule has 0 unspecified atom stereocenters. The Kier molecular flexibility index (Phi) is 23.1. The third-order valence-corrected chi connectivity index (χ3v) is 16.4. The van der Waals surface area contributed by atoms with Gasteiger partial charge in [0.05, 0.1) is 74.4 Å². The van der Waals surface area contributed by atoms with Crippen molar-refractivity contribution in [1.29, 1.82) is 0 Å². The largest absolute Gasteiger partial charge is 0.508 e. The maximum Gasteiger partial charge on any atom is 0.260 e. The number of phenols is 10. The first-order valence-corrected chi connectivity index (χ1v) is 31.5. The van der Waals surface area contributed by atoms with Gasteiger partial charge in [0.1, 0.15) is 80.2 Å². The quantitative estimate of drug-likeness (QED) is 0.0273. The van der Waals surface area contributed by atoms with Gasteiger partial charge in [-0.25, -0.2) is 0 Å². The molecule has 0 atom stereocenters. The first-order valence-electron chi connectivity index (χ1n) is 31.5. The average molecular weight is 1350 g/mol. The minimum atomic E-state index is -0.351. The van der Waals surface area contributed by atoms with Crippen LogP contribution in [-0.2, 0) is 0 Å². The van der Waals surface area contributed by atoms with Crippen LogP contribution in [0.1, 0.15) is 105 Å². The van der Waals surface area contributed by atoms with Gasteiger partial charge >= 0.3 is 0 Å². The van der Waals surface area contributed by atoms with E-state index in [1.165, 1.54) is 73.7 Å². The second-order valence-electron chi connectivity index (χ2n) is 23.6. The Bertz CT molecular complexity index is 4510. The molecule has 0 bridgehead atoms. The summed E-state index contributed by atoms with van der Waals surface area (Å²) < 4.78 is 0. The van der Waals surface area contributed by atoms with Crippen LogP contribution < -0.4 is 40.9 Å². The third kappa shape index (κ3) is 15.7. The zero-order chi connectivity index (χ0) is 70.8. The molecule has 12 rings (SSSR count). The van der Waals surface area contributed by atoms with Crippen molar-refractivity contribution in [3.63, 3.8) is 0 Å². The van der Waals surface area contributed by atoms with Gasteiger partial charge in [-0.2, -0.15) is 0 Å². The number of aliphatic hydroxyl groups is 1. The highest BCUT2D eigenvalue weighted by molar-refractivity contribution is 6.18. The predicted molar refractivity (Wildman–Crippen MR) is 385 cm³/mol. The van der Waals surface area contributed by atoms with Gasteiger partial charge < -0.3 is 103 Å². The fourth-order valence-corrected chi connectivity index (χ4v) is 11.5. The second-order valence-corrected chi connectivity index (χ2v) is 23.6. The van der Waals surface area contributed by atoms with E-state index in [9.17, 15) is 75.3 Å². The Labute approximate surface area is 571 Å². The summed E-state index contributed by atoms with van der Waals surface area (Å²) in [5, 5.41) is 122. The molecule has 0 fully saturated rings. The normalized spacial score (nSPS) is 13.2. The summed E-state index contributed by atoms with van der Waals surface area (Å²) in [4.78, 5) is 57.8. The van der Waals surface area contributed by atoms with E-state index in [-0.39, 0.29) is 146 Å².